The molecule has 156 valence electrons. The first-order valence-electron chi connectivity index (χ1n) is 10.2. The van der Waals surface area contributed by atoms with Crippen molar-refractivity contribution in [3.8, 4) is 0 Å². The fourth-order valence-corrected chi connectivity index (χ4v) is 5.56. The van der Waals surface area contributed by atoms with Gasteiger partial charge in [0.2, 0.25) is 0 Å². The number of carbonyl (C=O) groups excluding carboxylic acids is 1. The maximum Gasteiger partial charge on any atom is 0.271 e. The number of halogens is 1. The van der Waals surface area contributed by atoms with Crippen molar-refractivity contribution in [2.75, 3.05) is 0 Å². The molecule has 1 aliphatic heterocycles. The van der Waals surface area contributed by atoms with E-state index in [-0.39, 0.29) is 16.8 Å². The van der Waals surface area contributed by atoms with Crippen LogP contribution >= 0.6 is 22.9 Å². The topological polar surface area (TPSA) is 51.4 Å². The molecule has 2 aromatic carbocycles. The number of Topliss-reactive ketones (excluding diaryl/α,β-unsaturated/α-hetero) is 1. The number of carbonyl (C=O) groups is 1. The van der Waals surface area contributed by atoms with Crippen LogP contribution in [-0.2, 0) is 4.79 Å². The van der Waals surface area contributed by atoms with Crippen molar-refractivity contribution in [1.29, 1.82) is 0 Å². The van der Waals surface area contributed by atoms with Gasteiger partial charge in [-0.15, -0.1) is 0 Å². The number of fused-ring (bicyclic) bond motifs is 1. The Morgan fingerprint density at radius 2 is 1.77 bits per heavy atom. The molecule has 0 N–H and O–H groups in total. The van der Waals surface area contributed by atoms with Gasteiger partial charge in [-0.3, -0.25) is 14.2 Å². The predicted octanol–water partition coefficient (Wildman–Crippen LogP) is 4.26. The lowest BCUT2D eigenvalue weighted by atomic mass is 9.73. The largest absolute Gasteiger partial charge is 0.294 e. The zero-order chi connectivity index (χ0) is 21.8. The van der Waals surface area contributed by atoms with Gasteiger partial charge in [-0.25, -0.2) is 4.99 Å². The number of rotatable bonds is 2. The maximum absolute atomic E-state index is 13.5. The van der Waals surface area contributed by atoms with E-state index >= 15 is 0 Å². The molecule has 0 saturated heterocycles. The number of hydrogen-bond donors (Lipinski definition) is 0. The Labute approximate surface area is 188 Å². The van der Waals surface area contributed by atoms with Crippen LogP contribution in [0.15, 0.2) is 75.7 Å². The van der Waals surface area contributed by atoms with Gasteiger partial charge in [0, 0.05) is 17.0 Å². The highest BCUT2D eigenvalue weighted by Gasteiger charge is 2.40. The number of ketones is 1. The Morgan fingerprint density at radius 3 is 2.48 bits per heavy atom. The van der Waals surface area contributed by atoms with Crippen molar-refractivity contribution < 1.29 is 4.79 Å². The highest BCUT2D eigenvalue weighted by molar-refractivity contribution is 7.07. The zero-order valence-electron chi connectivity index (χ0n) is 17.3. The lowest BCUT2D eigenvalue weighted by Crippen LogP contribution is -2.42. The number of thiazole rings is 1. The van der Waals surface area contributed by atoms with E-state index in [1.54, 1.807) is 16.7 Å². The van der Waals surface area contributed by atoms with Gasteiger partial charge in [0.25, 0.3) is 5.56 Å². The van der Waals surface area contributed by atoms with Gasteiger partial charge >= 0.3 is 0 Å². The second kappa shape index (κ2) is 7.43. The van der Waals surface area contributed by atoms with E-state index in [0.717, 1.165) is 23.2 Å². The fraction of sp³-hybridized carbons (Fsp3) is 0.240. The molecule has 0 saturated carbocycles. The van der Waals surface area contributed by atoms with Crippen LogP contribution in [0.1, 0.15) is 43.9 Å². The van der Waals surface area contributed by atoms with Crippen LogP contribution < -0.4 is 14.9 Å². The molecule has 31 heavy (non-hydrogen) atoms. The van der Waals surface area contributed by atoms with E-state index in [4.69, 9.17) is 16.6 Å². The van der Waals surface area contributed by atoms with Crippen LogP contribution in [0.5, 0.6) is 0 Å². The Kier molecular flexibility index (Phi) is 4.83. The minimum Gasteiger partial charge on any atom is -0.294 e. The first-order chi connectivity index (χ1) is 14.8. The van der Waals surface area contributed by atoms with E-state index in [1.165, 1.54) is 11.3 Å². The summed E-state index contributed by atoms with van der Waals surface area (Å²) in [6.07, 6.45) is 3.04. The summed E-state index contributed by atoms with van der Waals surface area (Å²) in [4.78, 5) is 32.2. The van der Waals surface area contributed by atoms with Crippen LogP contribution in [0.25, 0.3) is 6.08 Å². The predicted molar refractivity (Wildman–Crippen MR) is 124 cm³/mol. The highest BCUT2D eigenvalue weighted by atomic mass is 35.5. The Hall–Kier alpha value is -2.76. The van der Waals surface area contributed by atoms with Crippen LogP contribution in [0.2, 0.25) is 5.02 Å². The monoisotopic (exact) mass is 448 g/mol. The van der Waals surface area contributed by atoms with Crippen LogP contribution in [0.4, 0.5) is 0 Å². The van der Waals surface area contributed by atoms with E-state index in [9.17, 15) is 9.59 Å². The molecule has 1 aromatic heterocycles. The minimum atomic E-state index is -0.441. The van der Waals surface area contributed by atoms with Crippen molar-refractivity contribution >= 4 is 34.8 Å². The summed E-state index contributed by atoms with van der Waals surface area (Å²) in [6.45, 7) is 4.19. The molecule has 1 unspecified atom stereocenters. The Bertz CT molecular complexity index is 1400. The third-order valence-electron chi connectivity index (χ3n) is 5.78. The fourth-order valence-electron chi connectivity index (χ4n) is 4.41. The molecule has 0 fully saturated rings. The first-order valence-corrected chi connectivity index (χ1v) is 11.4. The molecule has 6 heteroatoms. The quantitative estimate of drug-likeness (QED) is 0.588. The van der Waals surface area contributed by atoms with Gasteiger partial charge in [-0.2, -0.15) is 0 Å². The van der Waals surface area contributed by atoms with Gasteiger partial charge in [0.1, 0.15) is 0 Å². The highest BCUT2D eigenvalue weighted by Crippen LogP contribution is 2.43. The van der Waals surface area contributed by atoms with Gasteiger partial charge in [0.05, 0.1) is 16.3 Å². The molecule has 4 nitrogen and oxygen atoms in total. The number of aromatic nitrogens is 1. The van der Waals surface area contributed by atoms with Gasteiger partial charge < -0.3 is 0 Å². The van der Waals surface area contributed by atoms with Crippen LogP contribution in [0, 0.1) is 5.41 Å². The number of nitrogens with zero attached hydrogens (tertiary/aromatic N) is 2. The van der Waals surface area contributed by atoms with Crippen molar-refractivity contribution in [3.63, 3.8) is 0 Å². The third kappa shape index (κ3) is 3.62. The molecule has 0 bridgehead atoms. The molecule has 0 radical (unpaired) electrons. The Balaban J connectivity index is 1.76. The molecule has 1 atom stereocenters. The first kappa shape index (κ1) is 20.2. The number of hydrogen-bond acceptors (Lipinski definition) is 4. The molecule has 3 aromatic rings. The van der Waals surface area contributed by atoms with Crippen molar-refractivity contribution in [2.24, 2.45) is 10.4 Å². The van der Waals surface area contributed by atoms with Crippen molar-refractivity contribution in [3.05, 3.63) is 102 Å². The van der Waals surface area contributed by atoms with Crippen LogP contribution in [0.3, 0.4) is 0 Å². The summed E-state index contributed by atoms with van der Waals surface area (Å²) in [5.74, 6) is 0.0795. The molecule has 0 amide bonds. The second-order valence-electron chi connectivity index (χ2n) is 8.85. The average molecular weight is 449 g/mol. The zero-order valence-corrected chi connectivity index (χ0v) is 18.8. The van der Waals surface area contributed by atoms with E-state index in [2.05, 4.69) is 13.8 Å². The number of allylic oxidation sites excluding steroid dienone is 2. The van der Waals surface area contributed by atoms with E-state index in [1.807, 2.05) is 48.5 Å². The molecular formula is C25H21ClN2O2S. The standard InChI is InChI=1S/C25H21ClN2O2S/c1-25(2)13-18-21(19(29)14-25)22(16-6-4-3-5-7-16)28-23(30)20(31-24(28)27-18)12-15-8-10-17(26)11-9-15/h3-12,22H,13-14H2,1-2H3. The van der Waals surface area contributed by atoms with Crippen LogP contribution in [-0.4, -0.2) is 10.4 Å². The summed E-state index contributed by atoms with van der Waals surface area (Å²) in [5.41, 5.74) is 3.03. The maximum atomic E-state index is 13.5. The number of benzene rings is 2. The molecule has 2 heterocycles. The molecule has 5 rings (SSSR count). The van der Waals surface area contributed by atoms with Gasteiger partial charge in [0.15, 0.2) is 10.6 Å². The van der Waals surface area contributed by atoms with E-state index < -0.39 is 6.04 Å². The summed E-state index contributed by atoms with van der Waals surface area (Å²) < 4.78 is 2.28. The summed E-state index contributed by atoms with van der Waals surface area (Å²) in [5, 5.41) is 0.650. The lowest BCUT2D eigenvalue weighted by Gasteiger charge is -2.35. The van der Waals surface area contributed by atoms with Crippen molar-refractivity contribution in [2.45, 2.75) is 32.7 Å². The second-order valence-corrected chi connectivity index (χ2v) is 10.3. The summed E-state index contributed by atoms with van der Waals surface area (Å²) >= 11 is 7.36. The Morgan fingerprint density at radius 1 is 1.06 bits per heavy atom. The lowest BCUT2D eigenvalue weighted by molar-refractivity contribution is -0.118. The normalized spacial score (nSPS) is 20.3. The third-order valence-corrected chi connectivity index (χ3v) is 7.01. The smallest absolute Gasteiger partial charge is 0.271 e. The van der Waals surface area contributed by atoms with Gasteiger partial charge in [-0.1, -0.05) is 79.2 Å². The molecule has 1 aliphatic carbocycles. The van der Waals surface area contributed by atoms with Crippen molar-refractivity contribution in [1.82, 2.24) is 4.57 Å². The molecular weight excluding hydrogens is 428 g/mol. The van der Waals surface area contributed by atoms with Gasteiger partial charge in [-0.05, 0) is 41.2 Å². The summed E-state index contributed by atoms with van der Waals surface area (Å²) in [6, 6.07) is 16.7. The molecule has 2 aliphatic rings. The summed E-state index contributed by atoms with van der Waals surface area (Å²) in [7, 11) is 0. The average Bonchev–Trinajstić information content (AvgIpc) is 3.03. The SMILES string of the molecule is CC1(C)CC(=O)C2=C(C1)N=c1sc(=Cc3ccc(Cl)cc3)c(=O)n1C2c1ccccc1. The minimum absolute atomic E-state index is 0.0795. The van der Waals surface area contributed by atoms with E-state index in [0.29, 0.717) is 26.4 Å². The molecule has 0 spiro atoms.